The van der Waals surface area contributed by atoms with E-state index >= 15 is 0 Å². The van der Waals surface area contributed by atoms with Gasteiger partial charge in [-0.15, -0.1) is 0 Å². The second-order valence-electron chi connectivity index (χ2n) is 4.91. The minimum Gasteiger partial charge on any atom is -0.496 e. The van der Waals surface area contributed by atoms with Gasteiger partial charge in [0, 0.05) is 6.54 Å². The van der Waals surface area contributed by atoms with Crippen LogP contribution in [0.4, 0.5) is 0 Å². The van der Waals surface area contributed by atoms with Gasteiger partial charge >= 0.3 is 0 Å². The van der Waals surface area contributed by atoms with Crippen molar-refractivity contribution in [3.05, 3.63) is 29.3 Å². The van der Waals surface area contributed by atoms with Gasteiger partial charge in [-0.1, -0.05) is 19.1 Å². The van der Waals surface area contributed by atoms with Gasteiger partial charge in [0.05, 0.1) is 7.11 Å². The van der Waals surface area contributed by atoms with E-state index in [4.69, 9.17) is 4.74 Å². The summed E-state index contributed by atoms with van der Waals surface area (Å²) in [6.45, 7) is 6.54. The average Bonchev–Trinajstić information content (AvgIpc) is 2.95. The molecule has 2 unspecified atom stereocenters. The molecule has 2 atom stereocenters. The molecule has 0 aromatic heterocycles. The molecule has 1 aromatic carbocycles. The molecule has 0 radical (unpaired) electrons. The predicted octanol–water partition coefficient (Wildman–Crippen LogP) is 2.75. The Morgan fingerprint density at radius 2 is 2.19 bits per heavy atom. The highest BCUT2D eigenvalue weighted by atomic mass is 16.5. The molecular weight excluding hydrogens is 198 g/mol. The number of nitrogens with one attached hydrogen (secondary N) is 1. The third kappa shape index (κ3) is 2.76. The number of hydrogen-bond donors (Lipinski definition) is 1. The Kier molecular flexibility index (Phi) is 3.49. The first-order valence-corrected chi connectivity index (χ1v) is 6.05. The van der Waals surface area contributed by atoms with Crippen LogP contribution in [0.5, 0.6) is 5.75 Å². The van der Waals surface area contributed by atoms with Crippen molar-refractivity contribution in [2.45, 2.75) is 26.8 Å². The third-order valence-electron chi connectivity index (χ3n) is 3.47. The van der Waals surface area contributed by atoms with E-state index in [2.05, 4.69) is 31.3 Å². The van der Waals surface area contributed by atoms with Crippen LogP contribution >= 0.6 is 0 Å². The van der Waals surface area contributed by atoms with Gasteiger partial charge in [-0.2, -0.15) is 0 Å². The zero-order chi connectivity index (χ0) is 11.5. The van der Waals surface area contributed by atoms with E-state index < -0.39 is 0 Å². The summed E-state index contributed by atoms with van der Waals surface area (Å²) in [5.41, 5.74) is 2.55. The number of rotatable bonds is 5. The molecule has 0 aliphatic heterocycles. The fourth-order valence-corrected chi connectivity index (χ4v) is 2.14. The highest BCUT2D eigenvalue weighted by molar-refractivity contribution is 5.36. The van der Waals surface area contributed by atoms with E-state index in [0.717, 1.165) is 30.7 Å². The van der Waals surface area contributed by atoms with Gasteiger partial charge in [-0.3, -0.25) is 0 Å². The minimum absolute atomic E-state index is 0.916. The van der Waals surface area contributed by atoms with Gasteiger partial charge in [0.2, 0.25) is 0 Å². The predicted molar refractivity (Wildman–Crippen MR) is 66.7 cm³/mol. The molecule has 0 saturated heterocycles. The Hall–Kier alpha value is -1.02. The third-order valence-corrected chi connectivity index (χ3v) is 3.47. The van der Waals surface area contributed by atoms with Crippen LogP contribution in [0.1, 0.15) is 24.5 Å². The summed E-state index contributed by atoms with van der Waals surface area (Å²) in [4.78, 5) is 0. The molecule has 0 amide bonds. The van der Waals surface area contributed by atoms with Crippen molar-refractivity contribution in [3.63, 3.8) is 0 Å². The standard InChI is InChI=1S/C14H21NO/c1-10-7-13(10)9-15-8-12-4-5-14(16-3)11(2)6-12/h4-6,10,13,15H,7-9H2,1-3H3. The SMILES string of the molecule is COc1ccc(CNCC2CC2C)cc1C. The van der Waals surface area contributed by atoms with E-state index in [1.54, 1.807) is 7.11 Å². The van der Waals surface area contributed by atoms with Crippen molar-refractivity contribution in [1.82, 2.24) is 5.32 Å². The van der Waals surface area contributed by atoms with Crippen molar-refractivity contribution >= 4 is 0 Å². The molecule has 2 nitrogen and oxygen atoms in total. The summed E-state index contributed by atoms with van der Waals surface area (Å²) in [6.07, 6.45) is 1.40. The van der Waals surface area contributed by atoms with Gasteiger partial charge < -0.3 is 10.1 Å². The second-order valence-corrected chi connectivity index (χ2v) is 4.91. The Labute approximate surface area is 98.0 Å². The van der Waals surface area contributed by atoms with E-state index in [1.165, 1.54) is 17.5 Å². The van der Waals surface area contributed by atoms with Crippen LogP contribution in [-0.2, 0) is 6.54 Å². The van der Waals surface area contributed by atoms with E-state index in [-0.39, 0.29) is 0 Å². The van der Waals surface area contributed by atoms with Crippen LogP contribution in [0.2, 0.25) is 0 Å². The van der Waals surface area contributed by atoms with Crippen LogP contribution < -0.4 is 10.1 Å². The van der Waals surface area contributed by atoms with Crippen LogP contribution in [0, 0.1) is 18.8 Å². The molecular formula is C14H21NO. The Bertz CT molecular complexity index is 362. The first-order valence-electron chi connectivity index (χ1n) is 6.05. The smallest absolute Gasteiger partial charge is 0.121 e. The normalized spacial score (nSPS) is 23.2. The quantitative estimate of drug-likeness (QED) is 0.822. The zero-order valence-corrected chi connectivity index (χ0v) is 10.4. The Morgan fingerprint density at radius 1 is 1.44 bits per heavy atom. The number of ether oxygens (including phenoxy) is 1. The molecule has 88 valence electrons. The van der Waals surface area contributed by atoms with E-state index in [9.17, 15) is 0 Å². The van der Waals surface area contributed by atoms with Gasteiger partial charge in [0.15, 0.2) is 0 Å². The van der Waals surface area contributed by atoms with Crippen molar-refractivity contribution < 1.29 is 4.74 Å². The lowest BCUT2D eigenvalue weighted by Gasteiger charge is -2.08. The Balaban J connectivity index is 1.82. The summed E-state index contributed by atoms with van der Waals surface area (Å²) in [7, 11) is 1.72. The van der Waals surface area contributed by atoms with Gasteiger partial charge in [0.1, 0.15) is 5.75 Å². The topological polar surface area (TPSA) is 21.3 Å². The summed E-state index contributed by atoms with van der Waals surface area (Å²) in [5.74, 6) is 2.82. The highest BCUT2D eigenvalue weighted by Crippen LogP contribution is 2.36. The maximum Gasteiger partial charge on any atom is 0.121 e. The van der Waals surface area contributed by atoms with Crippen molar-refractivity contribution in [2.24, 2.45) is 11.8 Å². The minimum atomic E-state index is 0.916. The van der Waals surface area contributed by atoms with E-state index in [0.29, 0.717) is 0 Å². The average molecular weight is 219 g/mol. The van der Waals surface area contributed by atoms with E-state index in [1.807, 2.05) is 6.07 Å². The maximum absolute atomic E-state index is 5.25. The molecule has 1 aliphatic carbocycles. The number of benzene rings is 1. The largest absolute Gasteiger partial charge is 0.496 e. The molecule has 2 heteroatoms. The lowest BCUT2D eigenvalue weighted by atomic mass is 10.1. The molecule has 0 bridgehead atoms. The molecule has 1 fully saturated rings. The monoisotopic (exact) mass is 219 g/mol. The molecule has 0 spiro atoms. The molecule has 1 aromatic rings. The van der Waals surface area contributed by atoms with Gasteiger partial charge in [0.25, 0.3) is 0 Å². The summed E-state index contributed by atoms with van der Waals surface area (Å²) in [5, 5.41) is 3.52. The number of aryl methyl sites for hydroxylation is 1. The lowest BCUT2D eigenvalue weighted by molar-refractivity contribution is 0.411. The van der Waals surface area contributed by atoms with Crippen molar-refractivity contribution in [2.75, 3.05) is 13.7 Å². The van der Waals surface area contributed by atoms with Crippen LogP contribution in [0.15, 0.2) is 18.2 Å². The van der Waals surface area contributed by atoms with Crippen LogP contribution in [0.25, 0.3) is 0 Å². The fraction of sp³-hybridized carbons (Fsp3) is 0.571. The second kappa shape index (κ2) is 4.88. The maximum atomic E-state index is 5.25. The summed E-state index contributed by atoms with van der Waals surface area (Å²) in [6, 6.07) is 6.38. The first-order chi connectivity index (χ1) is 7.70. The molecule has 16 heavy (non-hydrogen) atoms. The summed E-state index contributed by atoms with van der Waals surface area (Å²) < 4.78 is 5.25. The van der Waals surface area contributed by atoms with Crippen LogP contribution in [-0.4, -0.2) is 13.7 Å². The highest BCUT2D eigenvalue weighted by Gasteiger charge is 2.31. The zero-order valence-electron chi connectivity index (χ0n) is 10.4. The first kappa shape index (κ1) is 11.5. The van der Waals surface area contributed by atoms with Gasteiger partial charge in [-0.05, 0) is 48.9 Å². The lowest BCUT2D eigenvalue weighted by Crippen LogP contribution is -2.16. The Morgan fingerprint density at radius 3 is 2.75 bits per heavy atom. The molecule has 1 aliphatic rings. The van der Waals surface area contributed by atoms with Crippen LogP contribution in [0.3, 0.4) is 0 Å². The summed E-state index contributed by atoms with van der Waals surface area (Å²) >= 11 is 0. The van der Waals surface area contributed by atoms with Crippen molar-refractivity contribution in [3.8, 4) is 5.75 Å². The number of methoxy groups -OCH3 is 1. The molecule has 1 saturated carbocycles. The fourth-order valence-electron chi connectivity index (χ4n) is 2.14. The van der Waals surface area contributed by atoms with Crippen molar-refractivity contribution in [1.29, 1.82) is 0 Å². The number of hydrogen-bond acceptors (Lipinski definition) is 2. The molecule has 0 heterocycles. The molecule has 1 N–H and O–H groups in total. The molecule has 2 rings (SSSR count). The van der Waals surface area contributed by atoms with Gasteiger partial charge in [-0.25, -0.2) is 0 Å².